The minimum absolute atomic E-state index is 0.0837. The van der Waals surface area contributed by atoms with E-state index in [1.807, 2.05) is 26.0 Å². The van der Waals surface area contributed by atoms with Gasteiger partial charge < -0.3 is 10.2 Å². The van der Waals surface area contributed by atoms with Crippen molar-refractivity contribution in [2.75, 3.05) is 17.9 Å². The van der Waals surface area contributed by atoms with Crippen LogP contribution in [-0.4, -0.2) is 44.8 Å². The molecule has 7 nitrogen and oxygen atoms in total. The van der Waals surface area contributed by atoms with E-state index in [9.17, 15) is 18.0 Å². The van der Waals surface area contributed by atoms with E-state index in [0.29, 0.717) is 17.1 Å². The molecule has 1 atom stereocenters. The lowest BCUT2D eigenvalue weighted by atomic mass is 10.1. The van der Waals surface area contributed by atoms with Crippen LogP contribution in [0.15, 0.2) is 77.7 Å². The first-order valence-electron chi connectivity index (χ1n) is 12.0. The molecule has 0 saturated carbocycles. The van der Waals surface area contributed by atoms with Gasteiger partial charge in [-0.2, -0.15) is 0 Å². The van der Waals surface area contributed by atoms with Crippen LogP contribution in [0.1, 0.15) is 30.5 Å². The minimum atomic E-state index is -4.09. The highest BCUT2D eigenvalue weighted by Gasteiger charge is 2.33. The highest BCUT2D eigenvalue weighted by atomic mass is 35.5. The molecule has 3 aromatic carbocycles. The zero-order valence-corrected chi connectivity index (χ0v) is 23.0. The van der Waals surface area contributed by atoms with Crippen molar-refractivity contribution in [1.29, 1.82) is 0 Å². The van der Waals surface area contributed by atoms with Gasteiger partial charge in [0.1, 0.15) is 12.6 Å². The van der Waals surface area contributed by atoms with Gasteiger partial charge in [0.15, 0.2) is 0 Å². The molecule has 0 heterocycles. The van der Waals surface area contributed by atoms with Gasteiger partial charge in [-0.05, 0) is 61.7 Å². The van der Waals surface area contributed by atoms with Crippen LogP contribution >= 0.6 is 11.6 Å². The highest BCUT2D eigenvalue weighted by Crippen LogP contribution is 2.28. The summed E-state index contributed by atoms with van der Waals surface area (Å²) in [4.78, 5) is 27.8. The first kappa shape index (κ1) is 28.2. The molecule has 0 aliphatic rings. The smallest absolute Gasteiger partial charge is 0.264 e. The highest BCUT2D eigenvalue weighted by molar-refractivity contribution is 7.92. The standard InChI is InChI=1S/C28H32ClN3O4S/c1-5-23-8-6-7-9-26(23)32(37(35,36)25-16-10-20(2)11-17-25)19-27(33)31(21(3)28(34)30-4)18-22-12-14-24(29)15-13-22/h6-17,21H,5,18-19H2,1-4H3,(H,30,34)/t21-/m1/s1. The van der Waals surface area contributed by atoms with Crippen molar-refractivity contribution in [1.82, 2.24) is 10.2 Å². The Morgan fingerprint density at radius 3 is 2.19 bits per heavy atom. The fourth-order valence-electron chi connectivity index (χ4n) is 3.98. The third-order valence-electron chi connectivity index (χ3n) is 6.21. The maximum Gasteiger partial charge on any atom is 0.264 e. The number of amides is 2. The van der Waals surface area contributed by atoms with Crippen LogP contribution in [0.3, 0.4) is 0 Å². The summed E-state index contributed by atoms with van der Waals surface area (Å²) < 4.78 is 28.9. The van der Waals surface area contributed by atoms with E-state index in [1.165, 1.54) is 24.1 Å². The predicted molar refractivity (Wildman–Crippen MR) is 147 cm³/mol. The average molecular weight is 542 g/mol. The van der Waals surface area contributed by atoms with Gasteiger partial charge in [0.05, 0.1) is 10.6 Å². The lowest BCUT2D eigenvalue weighted by Crippen LogP contribution is -2.50. The van der Waals surface area contributed by atoms with Crippen LogP contribution in [0, 0.1) is 6.92 Å². The average Bonchev–Trinajstić information content (AvgIpc) is 2.90. The molecule has 9 heteroatoms. The van der Waals surface area contributed by atoms with E-state index in [4.69, 9.17) is 11.6 Å². The van der Waals surface area contributed by atoms with Crippen molar-refractivity contribution in [2.45, 2.75) is 44.7 Å². The molecule has 0 fully saturated rings. The summed E-state index contributed by atoms with van der Waals surface area (Å²) in [5, 5.41) is 3.12. The van der Waals surface area contributed by atoms with Crippen LogP contribution in [0.4, 0.5) is 5.69 Å². The number of halogens is 1. The lowest BCUT2D eigenvalue weighted by molar-refractivity contribution is -0.139. The van der Waals surface area contributed by atoms with E-state index < -0.39 is 28.5 Å². The Hall–Kier alpha value is -3.36. The van der Waals surface area contributed by atoms with Crippen molar-refractivity contribution in [3.8, 4) is 0 Å². The SMILES string of the molecule is CCc1ccccc1N(CC(=O)N(Cc1ccc(Cl)cc1)[C@H](C)C(=O)NC)S(=O)(=O)c1ccc(C)cc1. The number of likely N-dealkylation sites (N-methyl/N-ethyl adjacent to an activating group) is 1. The van der Waals surface area contributed by atoms with Gasteiger partial charge in [-0.3, -0.25) is 13.9 Å². The second-order valence-electron chi connectivity index (χ2n) is 8.75. The summed E-state index contributed by atoms with van der Waals surface area (Å²) in [5.41, 5.74) is 2.90. The summed E-state index contributed by atoms with van der Waals surface area (Å²) in [6, 6.07) is 19.8. The summed E-state index contributed by atoms with van der Waals surface area (Å²) in [6.07, 6.45) is 0.577. The fourth-order valence-corrected chi connectivity index (χ4v) is 5.56. The zero-order chi connectivity index (χ0) is 27.2. The maximum absolute atomic E-state index is 13.9. The van der Waals surface area contributed by atoms with Gasteiger partial charge in [0.2, 0.25) is 11.8 Å². The van der Waals surface area contributed by atoms with Gasteiger partial charge in [0, 0.05) is 18.6 Å². The number of sulfonamides is 1. The normalized spacial score (nSPS) is 12.0. The number of carbonyl (C=O) groups excluding carboxylic acids is 2. The Balaban J connectivity index is 2.06. The lowest BCUT2D eigenvalue weighted by Gasteiger charge is -2.32. The Morgan fingerprint density at radius 2 is 1.59 bits per heavy atom. The molecule has 3 rings (SSSR count). The van der Waals surface area contributed by atoms with Crippen LogP contribution in [0.25, 0.3) is 0 Å². The van der Waals surface area contributed by atoms with Gasteiger partial charge >= 0.3 is 0 Å². The van der Waals surface area contributed by atoms with Gasteiger partial charge in [-0.25, -0.2) is 8.42 Å². The van der Waals surface area contributed by atoms with E-state index in [1.54, 1.807) is 55.5 Å². The van der Waals surface area contributed by atoms with Crippen LogP contribution < -0.4 is 9.62 Å². The van der Waals surface area contributed by atoms with Gasteiger partial charge in [-0.1, -0.05) is 66.6 Å². The fraction of sp³-hybridized carbons (Fsp3) is 0.286. The third-order valence-corrected chi connectivity index (χ3v) is 8.23. The summed E-state index contributed by atoms with van der Waals surface area (Å²) in [6.45, 7) is 5.06. The van der Waals surface area contributed by atoms with Gasteiger partial charge in [0.25, 0.3) is 10.0 Å². The molecule has 0 aliphatic heterocycles. The largest absolute Gasteiger partial charge is 0.357 e. The second-order valence-corrected chi connectivity index (χ2v) is 11.0. The Kier molecular flexibility index (Phi) is 9.34. The number of para-hydroxylation sites is 1. The first-order chi connectivity index (χ1) is 17.6. The molecule has 0 radical (unpaired) electrons. The third kappa shape index (κ3) is 6.70. The number of nitrogens with one attached hydrogen (secondary N) is 1. The quantitative estimate of drug-likeness (QED) is 0.407. The number of hydrogen-bond acceptors (Lipinski definition) is 4. The number of carbonyl (C=O) groups is 2. The van der Waals surface area contributed by atoms with Crippen LogP contribution in [-0.2, 0) is 32.6 Å². The van der Waals surface area contributed by atoms with E-state index in [0.717, 1.165) is 21.0 Å². The number of rotatable bonds is 10. The van der Waals surface area contributed by atoms with Crippen molar-refractivity contribution < 1.29 is 18.0 Å². The van der Waals surface area contributed by atoms with Gasteiger partial charge in [-0.15, -0.1) is 0 Å². The predicted octanol–water partition coefficient (Wildman–Crippen LogP) is 4.57. The Labute approximate surface area is 224 Å². The summed E-state index contributed by atoms with van der Waals surface area (Å²) >= 11 is 6.01. The first-order valence-corrected chi connectivity index (χ1v) is 13.8. The molecule has 0 saturated heterocycles. The molecule has 1 N–H and O–H groups in total. The molecular weight excluding hydrogens is 510 g/mol. The van der Waals surface area contributed by atoms with E-state index in [-0.39, 0.29) is 17.3 Å². The minimum Gasteiger partial charge on any atom is -0.357 e. The van der Waals surface area contributed by atoms with E-state index in [2.05, 4.69) is 5.32 Å². The molecule has 3 aromatic rings. The molecule has 0 aromatic heterocycles. The molecule has 37 heavy (non-hydrogen) atoms. The van der Waals surface area contributed by atoms with Crippen molar-refractivity contribution >= 4 is 39.1 Å². The monoisotopic (exact) mass is 541 g/mol. The zero-order valence-electron chi connectivity index (χ0n) is 21.4. The van der Waals surface area contributed by atoms with Crippen molar-refractivity contribution in [2.24, 2.45) is 0 Å². The molecule has 196 valence electrons. The Morgan fingerprint density at radius 1 is 0.973 bits per heavy atom. The second kappa shape index (κ2) is 12.3. The maximum atomic E-state index is 13.9. The molecule has 0 aliphatic carbocycles. The molecule has 0 bridgehead atoms. The summed E-state index contributed by atoms with van der Waals surface area (Å²) in [5.74, 6) is -0.864. The van der Waals surface area contributed by atoms with Crippen molar-refractivity contribution in [3.05, 3.63) is 94.5 Å². The molecular formula is C28H32ClN3O4S. The molecule has 0 spiro atoms. The number of hydrogen-bond donors (Lipinski definition) is 1. The molecule has 2 amide bonds. The summed E-state index contributed by atoms with van der Waals surface area (Å²) in [7, 11) is -2.60. The molecule has 0 unspecified atom stereocenters. The van der Waals surface area contributed by atoms with E-state index >= 15 is 0 Å². The van der Waals surface area contributed by atoms with Crippen LogP contribution in [0.2, 0.25) is 5.02 Å². The number of benzene rings is 3. The Bertz CT molecular complexity index is 1340. The topological polar surface area (TPSA) is 86.8 Å². The number of aryl methyl sites for hydroxylation is 2. The number of nitrogens with zero attached hydrogens (tertiary/aromatic N) is 2. The van der Waals surface area contributed by atoms with Crippen LogP contribution in [0.5, 0.6) is 0 Å². The van der Waals surface area contributed by atoms with Crippen molar-refractivity contribution in [3.63, 3.8) is 0 Å². The number of anilines is 1.